The van der Waals surface area contributed by atoms with Crippen LogP contribution in [0.5, 0.6) is 0 Å². The van der Waals surface area contributed by atoms with Crippen LogP contribution in [0.15, 0.2) is 48.5 Å². The van der Waals surface area contributed by atoms with E-state index in [1.807, 2.05) is 0 Å². The van der Waals surface area contributed by atoms with Crippen molar-refractivity contribution < 1.29 is 18.6 Å². The lowest BCUT2D eigenvalue weighted by molar-refractivity contribution is -0.456. The molecule has 2 bridgehead atoms. The monoisotopic (exact) mass is 330 g/mol. The van der Waals surface area contributed by atoms with Gasteiger partial charge >= 0.3 is 0 Å². The van der Waals surface area contributed by atoms with E-state index in [-0.39, 0.29) is 17.6 Å². The third-order valence-corrected chi connectivity index (χ3v) is 5.61. The van der Waals surface area contributed by atoms with Crippen molar-refractivity contribution in [1.29, 1.82) is 0 Å². The number of halogens is 2. The Bertz CT molecular complexity index is 728. The van der Waals surface area contributed by atoms with Crippen molar-refractivity contribution in [2.75, 3.05) is 0 Å². The van der Waals surface area contributed by atoms with E-state index in [0.29, 0.717) is 0 Å². The summed E-state index contributed by atoms with van der Waals surface area (Å²) in [5, 5.41) is 0. The highest BCUT2D eigenvalue weighted by Crippen LogP contribution is 2.55. The van der Waals surface area contributed by atoms with Gasteiger partial charge in [0.2, 0.25) is 0 Å². The van der Waals surface area contributed by atoms with Gasteiger partial charge in [-0.3, -0.25) is 0 Å². The van der Waals surface area contributed by atoms with Crippen LogP contribution >= 0.6 is 0 Å². The molecule has 0 spiro atoms. The first kappa shape index (κ1) is 15.7. The third kappa shape index (κ3) is 2.36. The molecular formula is C20H20F2O2. The van der Waals surface area contributed by atoms with Gasteiger partial charge in [0, 0.05) is 0 Å². The maximum Gasteiger partial charge on any atom is 0.131 e. The van der Waals surface area contributed by atoms with E-state index in [4.69, 9.17) is 9.78 Å². The highest BCUT2D eigenvalue weighted by molar-refractivity contribution is 5.29. The molecule has 3 atom stereocenters. The second-order valence-electron chi connectivity index (χ2n) is 7.02. The van der Waals surface area contributed by atoms with Crippen molar-refractivity contribution in [1.82, 2.24) is 0 Å². The van der Waals surface area contributed by atoms with Gasteiger partial charge in [-0.1, -0.05) is 31.2 Å². The second-order valence-corrected chi connectivity index (χ2v) is 7.02. The molecule has 2 nitrogen and oxygen atoms in total. The average Bonchev–Trinajstić information content (AvgIpc) is 2.86. The van der Waals surface area contributed by atoms with Gasteiger partial charge in [0.1, 0.15) is 22.8 Å². The molecule has 126 valence electrons. The Hall–Kier alpha value is -1.78. The van der Waals surface area contributed by atoms with Crippen molar-refractivity contribution >= 4 is 0 Å². The van der Waals surface area contributed by atoms with E-state index in [0.717, 1.165) is 36.8 Å². The summed E-state index contributed by atoms with van der Waals surface area (Å²) >= 11 is 0. The summed E-state index contributed by atoms with van der Waals surface area (Å²) in [6, 6.07) is 13.0. The van der Waals surface area contributed by atoms with E-state index < -0.39 is 11.2 Å². The Morgan fingerprint density at radius 2 is 1.42 bits per heavy atom. The van der Waals surface area contributed by atoms with Gasteiger partial charge in [-0.15, -0.1) is 0 Å². The molecule has 2 saturated heterocycles. The van der Waals surface area contributed by atoms with Gasteiger partial charge in [-0.2, -0.15) is 0 Å². The standard InChI is InChI=1S/C20H20F2O2/c1-14-13-19(15-3-7-17(21)8-4-15)11-2-12-20(14,24-23-19)16-5-9-18(22)10-6-16/h3-10,14H,2,11-13H2,1H3/t14?,19-,20+/m0/s1. The first-order chi connectivity index (χ1) is 11.5. The summed E-state index contributed by atoms with van der Waals surface area (Å²) in [7, 11) is 0. The van der Waals surface area contributed by atoms with Crippen LogP contribution in [0, 0.1) is 17.6 Å². The molecule has 4 heteroatoms. The quantitative estimate of drug-likeness (QED) is 0.702. The summed E-state index contributed by atoms with van der Waals surface area (Å²) in [5.41, 5.74) is 0.817. The molecular weight excluding hydrogens is 310 g/mol. The Balaban J connectivity index is 1.70. The maximum atomic E-state index is 13.3. The van der Waals surface area contributed by atoms with Gasteiger partial charge in [0.25, 0.3) is 0 Å². The predicted molar refractivity (Wildman–Crippen MR) is 86.0 cm³/mol. The molecule has 2 heterocycles. The molecule has 3 aliphatic rings. The molecule has 5 rings (SSSR count). The van der Waals surface area contributed by atoms with Crippen LogP contribution in [-0.2, 0) is 21.0 Å². The zero-order valence-electron chi connectivity index (χ0n) is 13.6. The minimum atomic E-state index is -0.548. The zero-order valence-corrected chi connectivity index (χ0v) is 13.6. The van der Waals surface area contributed by atoms with Gasteiger partial charge in [-0.25, -0.2) is 18.6 Å². The fraction of sp³-hybridized carbons (Fsp3) is 0.400. The Morgan fingerprint density at radius 1 is 0.833 bits per heavy atom. The Kier molecular flexibility index (Phi) is 3.70. The topological polar surface area (TPSA) is 18.5 Å². The number of benzene rings is 2. The van der Waals surface area contributed by atoms with Gasteiger partial charge in [0.15, 0.2) is 0 Å². The SMILES string of the molecule is CC1C[C@]2(c3ccc(F)cc3)CCC[C@@]1(c1ccc(F)cc1)OO2. The first-order valence-corrected chi connectivity index (χ1v) is 8.43. The summed E-state index contributed by atoms with van der Waals surface area (Å²) in [6.07, 6.45) is 3.36. The van der Waals surface area contributed by atoms with Crippen molar-refractivity contribution in [3.05, 3.63) is 71.3 Å². The first-order valence-electron chi connectivity index (χ1n) is 8.43. The molecule has 0 amide bonds. The van der Waals surface area contributed by atoms with E-state index in [2.05, 4.69) is 6.92 Å². The lowest BCUT2D eigenvalue weighted by Gasteiger charge is -2.46. The highest BCUT2D eigenvalue weighted by atomic mass is 19.1. The van der Waals surface area contributed by atoms with Gasteiger partial charge in [-0.05, 0) is 67.0 Å². The fourth-order valence-electron chi connectivity index (χ4n) is 4.27. The third-order valence-electron chi connectivity index (χ3n) is 5.61. The molecule has 0 N–H and O–H groups in total. The molecule has 1 aliphatic carbocycles. The van der Waals surface area contributed by atoms with Crippen LogP contribution < -0.4 is 0 Å². The summed E-state index contributed by atoms with van der Waals surface area (Å²) in [5.74, 6) is -0.313. The Labute approximate surface area is 140 Å². The molecule has 2 aromatic rings. The molecule has 1 unspecified atom stereocenters. The van der Waals surface area contributed by atoms with E-state index >= 15 is 0 Å². The van der Waals surface area contributed by atoms with Crippen LogP contribution in [0.3, 0.4) is 0 Å². The minimum Gasteiger partial charge on any atom is -0.224 e. The highest BCUT2D eigenvalue weighted by Gasteiger charge is 2.54. The van der Waals surface area contributed by atoms with Crippen LogP contribution in [0.2, 0.25) is 0 Å². The fourth-order valence-corrected chi connectivity index (χ4v) is 4.27. The molecule has 2 aromatic carbocycles. The number of fused-ring (bicyclic) bond motifs is 4. The maximum absolute atomic E-state index is 13.3. The van der Waals surface area contributed by atoms with Crippen molar-refractivity contribution in [2.45, 2.75) is 43.8 Å². The number of hydrogen-bond donors (Lipinski definition) is 0. The largest absolute Gasteiger partial charge is 0.224 e. The lowest BCUT2D eigenvalue weighted by Crippen LogP contribution is -2.46. The Morgan fingerprint density at radius 3 is 2.00 bits per heavy atom. The van der Waals surface area contributed by atoms with Crippen LogP contribution in [-0.4, -0.2) is 0 Å². The predicted octanol–water partition coefficient (Wildman–Crippen LogP) is 5.23. The van der Waals surface area contributed by atoms with E-state index in [1.54, 1.807) is 24.3 Å². The van der Waals surface area contributed by atoms with Gasteiger partial charge in [0.05, 0.1) is 0 Å². The van der Waals surface area contributed by atoms with Crippen LogP contribution in [0.4, 0.5) is 8.78 Å². The van der Waals surface area contributed by atoms with Gasteiger partial charge < -0.3 is 0 Å². The average molecular weight is 330 g/mol. The summed E-state index contributed by atoms with van der Waals surface area (Å²) in [4.78, 5) is 12.0. The van der Waals surface area contributed by atoms with Crippen LogP contribution in [0.25, 0.3) is 0 Å². The lowest BCUT2D eigenvalue weighted by atomic mass is 9.75. The molecule has 1 saturated carbocycles. The molecule has 0 radical (unpaired) electrons. The van der Waals surface area contributed by atoms with Crippen LogP contribution in [0.1, 0.15) is 43.7 Å². The zero-order chi connectivity index (χ0) is 16.8. The van der Waals surface area contributed by atoms with Crippen molar-refractivity contribution in [2.24, 2.45) is 5.92 Å². The normalized spacial score (nSPS) is 32.5. The molecule has 3 fully saturated rings. The minimum absolute atomic E-state index is 0.198. The number of rotatable bonds is 2. The summed E-state index contributed by atoms with van der Waals surface area (Å²) < 4.78 is 26.5. The molecule has 24 heavy (non-hydrogen) atoms. The molecule has 2 aliphatic heterocycles. The van der Waals surface area contributed by atoms with Crippen molar-refractivity contribution in [3.8, 4) is 0 Å². The summed E-state index contributed by atoms with van der Waals surface area (Å²) in [6.45, 7) is 2.15. The van der Waals surface area contributed by atoms with E-state index in [1.165, 1.54) is 24.3 Å². The smallest absolute Gasteiger partial charge is 0.131 e. The molecule has 0 aromatic heterocycles. The van der Waals surface area contributed by atoms with Crippen molar-refractivity contribution in [3.63, 3.8) is 0 Å². The number of hydrogen-bond acceptors (Lipinski definition) is 2. The van der Waals surface area contributed by atoms with E-state index in [9.17, 15) is 8.78 Å². The second kappa shape index (κ2) is 5.64.